The molecule has 21 heavy (non-hydrogen) atoms. The van der Waals surface area contributed by atoms with Gasteiger partial charge in [0.25, 0.3) is 0 Å². The molecule has 0 saturated heterocycles. The van der Waals surface area contributed by atoms with Gasteiger partial charge in [-0.3, -0.25) is 4.68 Å². The van der Waals surface area contributed by atoms with Gasteiger partial charge in [0.15, 0.2) is 0 Å². The SMILES string of the molecule is CCCNC(Cc1nn(CC)c2ccccc12)C(C)OC. The number of nitrogens with one attached hydrogen (secondary N) is 1. The maximum Gasteiger partial charge on any atom is 0.0719 e. The zero-order chi connectivity index (χ0) is 15.2. The Bertz CT molecular complexity index is 564. The Kier molecular flexibility index (Phi) is 5.76. The first-order valence-corrected chi connectivity index (χ1v) is 7.91. The summed E-state index contributed by atoms with van der Waals surface area (Å²) in [5, 5.41) is 9.64. The van der Waals surface area contributed by atoms with Crippen molar-refractivity contribution in [2.24, 2.45) is 0 Å². The monoisotopic (exact) mass is 289 g/mol. The van der Waals surface area contributed by atoms with Gasteiger partial charge in [0.2, 0.25) is 0 Å². The first kappa shape index (κ1) is 16.0. The van der Waals surface area contributed by atoms with Gasteiger partial charge in [-0.1, -0.05) is 25.1 Å². The molecule has 1 N–H and O–H groups in total. The van der Waals surface area contributed by atoms with E-state index in [4.69, 9.17) is 9.84 Å². The summed E-state index contributed by atoms with van der Waals surface area (Å²) in [7, 11) is 1.77. The zero-order valence-electron chi connectivity index (χ0n) is 13.6. The van der Waals surface area contributed by atoms with E-state index in [1.807, 2.05) is 0 Å². The van der Waals surface area contributed by atoms with Crippen molar-refractivity contribution in [3.8, 4) is 0 Å². The summed E-state index contributed by atoms with van der Waals surface area (Å²) in [6.45, 7) is 8.33. The van der Waals surface area contributed by atoms with Gasteiger partial charge in [0.1, 0.15) is 0 Å². The van der Waals surface area contributed by atoms with Gasteiger partial charge in [0.05, 0.1) is 17.3 Å². The Labute approximate surface area is 127 Å². The first-order chi connectivity index (χ1) is 10.2. The van der Waals surface area contributed by atoms with Gasteiger partial charge in [0, 0.05) is 31.5 Å². The highest BCUT2D eigenvalue weighted by Crippen LogP contribution is 2.20. The average molecular weight is 289 g/mol. The lowest BCUT2D eigenvalue weighted by molar-refractivity contribution is 0.0828. The predicted octanol–water partition coefficient (Wildman–Crippen LogP) is 3.00. The third-order valence-corrected chi connectivity index (χ3v) is 4.04. The zero-order valence-corrected chi connectivity index (χ0v) is 13.6. The fourth-order valence-electron chi connectivity index (χ4n) is 2.69. The molecule has 4 heteroatoms. The van der Waals surface area contributed by atoms with Gasteiger partial charge in [-0.05, 0) is 32.9 Å². The van der Waals surface area contributed by atoms with Crippen LogP contribution in [0.2, 0.25) is 0 Å². The molecule has 0 aliphatic heterocycles. The van der Waals surface area contributed by atoms with E-state index in [1.165, 1.54) is 10.9 Å². The molecule has 0 bridgehead atoms. The van der Waals surface area contributed by atoms with E-state index in [-0.39, 0.29) is 6.10 Å². The molecule has 4 nitrogen and oxygen atoms in total. The Morgan fingerprint density at radius 2 is 2.05 bits per heavy atom. The normalized spacial score (nSPS) is 14.5. The number of hydrogen-bond acceptors (Lipinski definition) is 3. The Hall–Kier alpha value is -1.39. The highest BCUT2D eigenvalue weighted by molar-refractivity contribution is 5.82. The number of fused-ring (bicyclic) bond motifs is 1. The van der Waals surface area contributed by atoms with E-state index in [0.717, 1.165) is 31.6 Å². The molecule has 0 amide bonds. The van der Waals surface area contributed by atoms with Gasteiger partial charge < -0.3 is 10.1 Å². The van der Waals surface area contributed by atoms with Crippen molar-refractivity contribution < 1.29 is 4.74 Å². The number of aryl methyl sites for hydroxylation is 1. The van der Waals surface area contributed by atoms with Crippen LogP contribution < -0.4 is 5.32 Å². The number of rotatable bonds is 8. The smallest absolute Gasteiger partial charge is 0.0719 e. The van der Waals surface area contributed by atoms with Crippen LogP contribution in [0.4, 0.5) is 0 Å². The van der Waals surface area contributed by atoms with Crippen molar-refractivity contribution >= 4 is 10.9 Å². The van der Waals surface area contributed by atoms with Crippen LogP contribution in [0.3, 0.4) is 0 Å². The minimum Gasteiger partial charge on any atom is -0.380 e. The number of hydrogen-bond donors (Lipinski definition) is 1. The fraction of sp³-hybridized carbons (Fsp3) is 0.588. The number of nitrogens with zero attached hydrogens (tertiary/aromatic N) is 2. The minimum atomic E-state index is 0.169. The molecule has 1 aromatic carbocycles. The molecule has 0 aliphatic rings. The predicted molar refractivity (Wildman–Crippen MR) is 87.7 cm³/mol. The topological polar surface area (TPSA) is 39.1 Å². The van der Waals surface area contributed by atoms with Crippen LogP contribution in [0.5, 0.6) is 0 Å². The summed E-state index contributed by atoms with van der Waals surface area (Å²) in [4.78, 5) is 0. The quantitative estimate of drug-likeness (QED) is 0.812. The molecule has 2 atom stereocenters. The Morgan fingerprint density at radius 1 is 1.29 bits per heavy atom. The van der Waals surface area contributed by atoms with Crippen LogP contribution >= 0.6 is 0 Å². The fourth-order valence-corrected chi connectivity index (χ4v) is 2.69. The van der Waals surface area contributed by atoms with Crippen LogP contribution in [0, 0.1) is 0 Å². The lowest BCUT2D eigenvalue weighted by Crippen LogP contribution is -2.41. The molecular weight excluding hydrogens is 262 g/mol. The molecule has 0 fully saturated rings. The second-order valence-corrected chi connectivity index (χ2v) is 5.49. The van der Waals surface area contributed by atoms with Crippen molar-refractivity contribution in [2.75, 3.05) is 13.7 Å². The molecule has 1 aromatic heterocycles. The standard InChI is InChI=1S/C17H27N3O/c1-5-11-18-15(13(3)21-4)12-16-14-9-7-8-10-17(14)20(6-2)19-16/h7-10,13,15,18H,5-6,11-12H2,1-4H3. The van der Waals surface area contributed by atoms with Crippen molar-refractivity contribution in [3.05, 3.63) is 30.0 Å². The van der Waals surface area contributed by atoms with E-state index in [0.29, 0.717) is 6.04 Å². The first-order valence-electron chi connectivity index (χ1n) is 7.91. The van der Waals surface area contributed by atoms with Crippen LogP contribution in [-0.4, -0.2) is 35.6 Å². The number of para-hydroxylation sites is 1. The Balaban J connectivity index is 2.27. The minimum absolute atomic E-state index is 0.169. The largest absolute Gasteiger partial charge is 0.380 e. The molecule has 0 radical (unpaired) electrons. The highest BCUT2D eigenvalue weighted by atomic mass is 16.5. The summed E-state index contributed by atoms with van der Waals surface area (Å²) in [5.74, 6) is 0. The van der Waals surface area contributed by atoms with Gasteiger partial charge in [-0.25, -0.2) is 0 Å². The van der Waals surface area contributed by atoms with E-state index >= 15 is 0 Å². The molecule has 1 heterocycles. The van der Waals surface area contributed by atoms with Crippen molar-refractivity contribution in [3.63, 3.8) is 0 Å². The molecule has 0 saturated carbocycles. The summed E-state index contributed by atoms with van der Waals surface area (Å²) >= 11 is 0. The molecule has 2 aromatic rings. The maximum atomic E-state index is 5.53. The summed E-state index contributed by atoms with van der Waals surface area (Å²) in [5.41, 5.74) is 2.37. The molecule has 0 aliphatic carbocycles. The summed E-state index contributed by atoms with van der Waals surface area (Å²) in [6, 6.07) is 8.76. The van der Waals surface area contributed by atoms with Gasteiger partial charge in [-0.2, -0.15) is 5.10 Å². The molecule has 2 unspecified atom stereocenters. The average Bonchev–Trinajstić information content (AvgIpc) is 2.88. The van der Waals surface area contributed by atoms with E-state index in [2.05, 4.69) is 55.0 Å². The number of benzene rings is 1. The maximum absolute atomic E-state index is 5.53. The van der Waals surface area contributed by atoms with Crippen LogP contribution in [0.1, 0.15) is 32.9 Å². The van der Waals surface area contributed by atoms with E-state index in [9.17, 15) is 0 Å². The molecular formula is C17H27N3O. The van der Waals surface area contributed by atoms with Crippen LogP contribution in [-0.2, 0) is 17.7 Å². The van der Waals surface area contributed by atoms with E-state index in [1.54, 1.807) is 7.11 Å². The van der Waals surface area contributed by atoms with Crippen LogP contribution in [0.25, 0.3) is 10.9 Å². The second-order valence-electron chi connectivity index (χ2n) is 5.49. The molecule has 2 rings (SSSR count). The lowest BCUT2D eigenvalue weighted by atomic mass is 10.0. The van der Waals surface area contributed by atoms with Crippen molar-refractivity contribution in [1.29, 1.82) is 0 Å². The Morgan fingerprint density at radius 3 is 2.71 bits per heavy atom. The third-order valence-electron chi connectivity index (χ3n) is 4.04. The van der Waals surface area contributed by atoms with Crippen molar-refractivity contribution in [1.82, 2.24) is 15.1 Å². The molecule has 116 valence electrons. The van der Waals surface area contributed by atoms with Crippen LogP contribution in [0.15, 0.2) is 24.3 Å². The van der Waals surface area contributed by atoms with Crippen molar-refractivity contribution in [2.45, 2.75) is 52.3 Å². The van der Waals surface area contributed by atoms with Gasteiger partial charge in [-0.15, -0.1) is 0 Å². The number of ether oxygens (including phenoxy) is 1. The molecule has 0 spiro atoms. The highest BCUT2D eigenvalue weighted by Gasteiger charge is 2.20. The number of methoxy groups -OCH3 is 1. The van der Waals surface area contributed by atoms with E-state index < -0.39 is 0 Å². The second kappa shape index (κ2) is 7.57. The lowest BCUT2D eigenvalue weighted by Gasteiger charge is -2.23. The summed E-state index contributed by atoms with van der Waals surface area (Å²) in [6.07, 6.45) is 2.18. The van der Waals surface area contributed by atoms with Gasteiger partial charge >= 0.3 is 0 Å². The summed E-state index contributed by atoms with van der Waals surface area (Å²) < 4.78 is 7.61. The third kappa shape index (κ3) is 3.63. The number of aromatic nitrogens is 2.